The van der Waals surface area contributed by atoms with Gasteiger partial charge in [-0.3, -0.25) is 9.59 Å². The van der Waals surface area contributed by atoms with Crippen LogP contribution in [-0.4, -0.2) is 34.7 Å². The van der Waals surface area contributed by atoms with Crippen LogP contribution in [0.25, 0.3) is 16.9 Å². The Morgan fingerprint density at radius 2 is 1.67 bits per heavy atom. The zero-order valence-electron chi connectivity index (χ0n) is 20.1. The lowest BCUT2D eigenvalue weighted by molar-refractivity contribution is 0.0937. The minimum Gasteiger partial charge on any atom is -0.497 e. The number of anilines is 1. The summed E-state index contributed by atoms with van der Waals surface area (Å²) in [6.07, 6.45) is 6.12. The highest BCUT2D eigenvalue weighted by Crippen LogP contribution is 2.28. The molecule has 7 nitrogen and oxygen atoms in total. The zero-order chi connectivity index (χ0) is 24.9. The molecule has 182 valence electrons. The van der Waals surface area contributed by atoms with E-state index in [-0.39, 0.29) is 17.9 Å². The highest BCUT2D eigenvalue weighted by Gasteiger charge is 2.20. The molecule has 1 aromatic heterocycles. The first-order chi connectivity index (χ1) is 17.6. The van der Waals surface area contributed by atoms with Crippen LogP contribution in [0.15, 0.2) is 85.1 Å². The summed E-state index contributed by atoms with van der Waals surface area (Å²) in [7, 11) is 1.60. The highest BCUT2D eigenvalue weighted by atomic mass is 16.5. The normalized spacial score (nSPS) is 13.4. The largest absolute Gasteiger partial charge is 0.497 e. The van der Waals surface area contributed by atoms with E-state index in [9.17, 15) is 9.59 Å². The van der Waals surface area contributed by atoms with Crippen molar-refractivity contribution in [3.05, 3.63) is 96.2 Å². The van der Waals surface area contributed by atoms with Gasteiger partial charge in [0.25, 0.3) is 11.8 Å². The summed E-state index contributed by atoms with van der Waals surface area (Å²) in [6.45, 7) is 0. The number of para-hydroxylation sites is 1. The number of aromatic nitrogens is 2. The molecule has 5 rings (SSSR count). The van der Waals surface area contributed by atoms with Crippen LogP contribution in [-0.2, 0) is 0 Å². The van der Waals surface area contributed by atoms with Crippen LogP contribution in [0, 0.1) is 0 Å². The molecule has 0 atom stereocenters. The predicted octanol–water partition coefficient (Wildman–Crippen LogP) is 5.47. The van der Waals surface area contributed by atoms with Crippen LogP contribution in [0.4, 0.5) is 5.69 Å². The summed E-state index contributed by atoms with van der Waals surface area (Å²) in [6, 6.07) is 24.3. The Kier molecular flexibility index (Phi) is 6.80. The van der Waals surface area contributed by atoms with Crippen molar-refractivity contribution in [3.8, 4) is 22.7 Å². The van der Waals surface area contributed by atoms with Crippen LogP contribution in [0.5, 0.6) is 5.75 Å². The number of nitrogens with zero attached hydrogens (tertiary/aromatic N) is 2. The number of carbonyl (C=O) groups is 2. The third-order valence-corrected chi connectivity index (χ3v) is 6.42. The molecular weight excluding hydrogens is 452 g/mol. The van der Waals surface area contributed by atoms with Gasteiger partial charge in [0.15, 0.2) is 0 Å². The second kappa shape index (κ2) is 10.5. The number of hydrogen-bond acceptors (Lipinski definition) is 4. The van der Waals surface area contributed by atoms with Crippen molar-refractivity contribution in [2.75, 3.05) is 12.4 Å². The Labute approximate surface area is 210 Å². The summed E-state index contributed by atoms with van der Waals surface area (Å²) in [5.74, 6) is 0.307. The van der Waals surface area contributed by atoms with E-state index in [1.54, 1.807) is 42.3 Å². The number of rotatable bonds is 7. The van der Waals surface area contributed by atoms with E-state index >= 15 is 0 Å². The van der Waals surface area contributed by atoms with Gasteiger partial charge < -0.3 is 15.4 Å². The van der Waals surface area contributed by atoms with E-state index < -0.39 is 0 Å². The molecule has 0 spiro atoms. The zero-order valence-corrected chi connectivity index (χ0v) is 20.1. The third-order valence-electron chi connectivity index (χ3n) is 6.42. The molecule has 1 aliphatic carbocycles. The number of carbonyl (C=O) groups excluding carboxylic acids is 2. The Morgan fingerprint density at radius 1 is 0.917 bits per heavy atom. The minimum absolute atomic E-state index is 0.0794. The molecule has 0 aliphatic heterocycles. The van der Waals surface area contributed by atoms with E-state index in [1.807, 2.05) is 54.6 Å². The molecule has 36 heavy (non-hydrogen) atoms. The van der Waals surface area contributed by atoms with E-state index in [4.69, 9.17) is 9.84 Å². The number of ether oxygens (including phenoxy) is 1. The fraction of sp³-hybridized carbons (Fsp3) is 0.207. The quantitative estimate of drug-likeness (QED) is 0.367. The van der Waals surface area contributed by atoms with Crippen molar-refractivity contribution in [2.24, 2.45) is 0 Å². The number of methoxy groups -OCH3 is 1. The van der Waals surface area contributed by atoms with Crippen molar-refractivity contribution in [2.45, 2.75) is 31.7 Å². The molecule has 0 bridgehead atoms. The van der Waals surface area contributed by atoms with E-state index in [0.29, 0.717) is 28.3 Å². The van der Waals surface area contributed by atoms with Crippen LogP contribution < -0.4 is 15.4 Å². The Morgan fingerprint density at radius 3 is 2.39 bits per heavy atom. The standard InChI is InChI=1S/C29H28N4O3/c1-36-25-13-7-8-21(18-25)27-26(19-33(32-27)24-11-3-2-4-12-24)29(35)31-23-16-14-20(15-17-23)28(34)30-22-9-5-6-10-22/h2-4,7-8,11-19,22H,5-6,9-10H2,1H3,(H,30,34)(H,31,35). The van der Waals surface area contributed by atoms with Gasteiger partial charge in [-0.05, 0) is 61.4 Å². The average molecular weight is 481 g/mol. The van der Waals surface area contributed by atoms with Gasteiger partial charge in [-0.25, -0.2) is 4.68 Å². The molecule has 2 N–H and O–H groups in total. The Balaban J connectivity index is 1.39. The van der Waals surface area contributed by atoms with Gasteiger partial charge in [0.05, 0.1) is 18.4 Å². The minimum atomic E-state index is -0.293. The molecular formula is C29H28N4O3. The number of nitrogens with one attached hydrogen (secondary N) is 2. The fourth-order valence-electron chi connectivity index (χ4n) is 4.48. The molecule has 0 radical (unpaired) electrons. The van der Waals surface area contributed by atoms with E-state index in [2.05, 4.69) is 10.6 Å². The molecule has 2 amide bonds. The average Bonchev–Trinajstić information content (AvgIpc) is 3.60. The molecule has 7 heteroatoms. The van der Waals surface area contributed by atoms with Crippen LogP contribution >= 0.6 is 0 Å². The van der Waals surface area contributed by atoms with Crippen molar-refractivity contribution in [1.29, 1.82) is 0 Å². The summed E-state index contributed by atoms with van der Waals surface area (Å²) < 4.78 is 7.06. The summed E-state index contributed by atoms with van der Waals surface area (Å²) in [5.41, 5.74) is 3.76. The van der Waals surface area contributed by atoms with Crippen LogP contribution in [0.2, 0.25) is 0 Å². The van der Waals surface area contributed by atoms with E-state index in [0.717, 1.165) is 36.9 Å². The van der Waals surface area contributed by atoms with Gasteiger partial charge in [-0.15, -0.1) is 0 Å². The second-order valence-electron chi connectivity index (χ2n) is 8.89. The van der Waals surface area contributed by atoms with Crippen molar-refractivity contribution < 1.29 is 14.3 Å². The van der Waals surface area contributed by atoms with Gasteiger partial charge in [0.2, 0.25) is 0 Å². The lowest BCUT2D eigenvalue weighted by Gasteiger charge is -2.12. The molecule has 4 aromatic rings. The lowest BCUT2D eigenvalue weighted by Crippen LogP contribution is -2.32. The molecule has 3 aromatic carbocycles. The van der Waals surface area contributed by atoms with Gasteiger partial charge in [-0.2, -0.15) is 5.10 Å². The fourth-order valence-corrected chi connectivity index (χ4v) is 4.48. The van der Waals surface area contributed by atoms with Gasteiger partial charge in [-0.1, -0.05) is 43.2 Å². The van der Waals surface area contributed by atoms with Gasteiger partial charge in [0, 0.05) is 29.1 Å². The predicted molar refractivity (Wildman–Crippen MR) is 140 cm³/mol. The summed E-state index contributed by atoms with van der Waals surface area (Å²) in [5, 5.41) is 10.8. The second-order valence-corrected chi connectivity index (χ2v) is 8.89. The number of hydrogen-bond donors (Lipinski definition) is 2. The molecule has 1 saturated carbocycles. The molecule has 0 saturated heterocycles. The topological polar surface area (TPSA) is 85.2 Å². The van der Waals surface area contributed by atoms with Crippen LogP contribution in [0.3, 0.4) is 0 Å². The smallest absolute Gasteiger partial charge is 0.259 e. The Hall–Kier alpha value is -4.39. The van der Waals surface area contributed by atoms with Crippen LogP contribution in [0.1, 0.15) is 46.4 Å². The number of benzene rings is 3. The van der Waals surface area contributed by atoms with Crippen molar-refractivity contribution >= 4 is 17.5 Å². The summed E-state index contributed by atoms with van der Waals surface area (Å²) in [4.78, 5) is 25.9. The van der Waals surface area contributed by atoms with Crippen molar-refractivity contribution in [1.82, 2.24) is 15.1 Å². The first-order valence-electron chi connectivity index (χ1n) is 12.1. The molecule has 0 unspecified atom stereocenters. The first-order valence-corrected chi connectivity index (χ1v) is 12.1. The Bertz CT molecular complexity index is 1360. The molecule has 1 aliphatic rings. The van der Waals surface area contributed by atoms with Gasteiger partial charge >= 0.3 is 0 Å². The van der Waals surface area contributed by atoms with Gasteiger partial charge in [0.1, 0.15) is 11.4 Å². The molecule has 1 heterocycles. The SMILES string of the molecule is COc1cccc(-c2nn(-c3ccccc3)cc2C(=O)Nc2ccc(C(=O)NC3CCCC3)cc2)c1. The third kappa shape index (κ3) is 5.15. The highest BCUT2D eigenvalue weighted by molar-refractivity contribution is 6.08. The van der Waals surface area contributed by atoms with E-state index in [1.165, 1.54) is 0 Å². The molecule has 1 fully saturated rings. The monoisotopic (exact) mass is 480 g/mol. The maximum Gasteiger partial charge on any atom is 0.259 e. The summed E-state index contributed by atoms with van der Waals surface area (Å²) >= 11 is 0. The lowest BCUT2D eigenvalue weighted by atomic mass is 10.1. The number of amides is 2. The maximum atomic E-state index is 13.4. The maximum absolute atomic E-state index is 13.4. The van der Waals surface area contributed by atoms with Crippen molar-refractivity contribution in [3.63, 3.8) is 0 Å². The first kappa shape index (κ1) is 23.4.